The Morgan fingerprint density at radius 2 is 2.00 bits per heavy atom. The Hall–Kier alpha value is -0.950. The van der Waals surface area contributed by atoms with Crippen molar-refractivity contribution in [2.45, 2.75) is 39.5 Å². The van der Waals surface area contributed by atoms with Crippen molar-refractivity contribution >= 4 is 10.0 Å². The summed E-state index contributed by atoms with van der Waals surface area (Å²) in [6, 6.07) is 0. The maximum atomic E-state index is 11.2. The predicted molar refractivity (Wildman–Crippen MR) is 64.2 cm³/mol. The highest BCUT2D eigenvalue weighted by atomic mass is 32.2. The highest BCUT2D eigenvalue weighted by Gasteiger charge is 2.21. The van der Waals surface area contributed by atoms with Crippen molar-refractivity contribution in [3.05, 3.63) is 11.7 Å². The van der Waals surface area contributed by atoms with Gasteiger partial charge >= 0.3 is 0 Å². The smallest absolute Gasteiger partial charge is 0.232 e. The third-order valence-corrected chi connectivity index (χ3v) is 3.56. The minimum Gasteiger partial charge on any atom is -0.339 e. The number of nitrogens with one attached hydrogen (secondary N) is 1. The maximum Gasteiger partial charge on any atom is 0.232 e. The molecular formula is C10H19N3O3S. The van der Waals surface area contributed by atoms with E-state index in [0.717, 1.165) is 0 Å². The third kappa shape index (κ3) is 4.43. The van der Waals surface area contributed by atoms with E-state index in [4.69, 9.17) is 4.52 Å². The van der Waals surface area contributed by atoms with Crippen LogP contribution in [0.5, 0.6) is 0 Å². The van der Waals surface area contributed by atoms with Gasteiger partial charge in [0.2, 0.25) is 15.9 Å². The van der Waals surface area contributed by atoms with Gasteiger partial charge in [0.15, 0.2) is 5.82 Å². The molecule has 0 aromatic carbocycles. The topological polar surface area (TPSA) is 85.1 Å². The number of rotatable bonds is 5. The predicted octanol–water partition coefficient (Wildman–Crippen LogP) is 0.849. The molecule has 0 aliphatic carbocycles. The molecule has 0 amide bonds. The Balaban J connectivity index is 2.52. The number of nitrogens with zero attached hydrogens (tertiary/aromatic N) is 2. The largest absolute Gasteiger partial charge is 0.339 e. The number of aromatic nitrogens is 2. The van der Waals surface area contributed by atoms with Gasteiger partial charge in [-0.25, -0.2) is 13.1 Å². The van der Waals surface area contributed by atoms with Crippen LogP contribution in [0.3, 0.4) is 0 Å². The molecule has 98 valence electrons. The van der Waals surface area contributed by atoms with Crippen LogP contribution in [0.2, 0.25) is 0 Å². The fraction of sp³-hybridized carbons (Fsp3) is 0.800. The Morgan fingerprint density at radius 3 is 2.47 bits per heavy atom. The SMILES string of the molecule is CCS(=O)(=O)NCCc1noc(C(C)(C)C)n1. The van der Waals surface area contributed by atoms with E-state index in [2.05, 4.69) is 14.9 Å². The summed E-state index contributed by atoms with van der Waals surface area (Å²) in [4.78, 5) is 4.21. The second-order valence-corrected chi connectivity index (χ2v) is 6.91. The molecule has 7 heteroatoms. The summed E-state index contributed by atoms with van der Waals surface area (Å²) in [6.07, 6.45) is 0.429. The van der Waals surface area contributed by atoms with E-state index in [9.17, 15) is 8.42 Å². The van der Waals surface area contributed by atoms with Gasteiger partial charge in [0.1, 0.15) is 0 Å². The number of hydrogen-bond donors (Lipinski definition) is 1. The fourth-order valence-electron chi connectivity index (χ4n) is 1.08. The minimum absolute atomic E-state index is 0.0759. The van der Waals surface area contributed by atoms with Crippen LogP contribution in [-0.4, -0.2) is 30.9 Å². The molecular weight excluding hydrogens is 242 g/mol. The molecule has 0 atom stereocenters. The van der Waals surface area contributed by atoms with E-state index >= 15 is 0 Å². The first-order valence-corrected chi connectivity index (χ1v) is 7.20. The molecule has 0 saturated carbocycles. The lowest BCUT2D eigenvalue weighted by molar-refractivity contribution is 0.318. The fourth-order valence-corrected chi connectivity index (χ4v) is 1.70. The molecule has 1 aromatic heterocycles. The summed E-state index contributed by atoms with van der Waals surface area (Å²) in [7, 11) is -3.15. The van der Waals surface area contributed by atoms with E-state index in [1.165, 1.54) is 0 Å². The lowest BCUT2D eigenvalue weighted by Gasteiger charge is -2.10. The van der Waals surface area contributed by atoms with Gasteiger partial charge in [0, 0.05) is 18.4 Å². The molecule has 0 saturated heterocycles. The molecule has 1 aromatic rings. The summed E-state index contributed by atoms with van der Waals surface area (Å²) < 4.78 is 29.9. The summed E-state index contributed by atoms with van der Waals surface area (Å²) in [6.45, 7) is 7.81. The lowest BCUT2D eigenvalue weighted by atomic mass is 9.97. The molecule has 0 radical (unpaired) electrons. The molecule has 1 rings (SSSR count). The van der Waals surface area contributed by atoms with Crippen molar-refractivity contribution in [2.24, 2.45) is 0 Å². The number of hydrogen-bond acceptors (Lipinski definition) is 5. The molecule has 0 unspecified atom stereocenters. The Morgan fingerprint density at radius 1 is 1.35 bits per heavy atom. The van der Waals surface area contributed by atoms with Crippen molar-refractivity contribution < 1.29 is 12.9 Å². The lowest BCUT2D eigenvalue weighted by Crippen LogP contribution is -2.27. The molecule has 0 fully saturated rings. The monoisotopic (exact) mass is 261 g/mol. The van der Waals surface area contributed by atoms with Gasteiger partial charge in [-0.2, -0.15) is 4.98 Å². The normalized spacial score (nSPS) is 12.9. The maximum absolute atomic E-state index is 11.2. The zero-order valence-electron chi connectivity index (χ0n) is 10.6. The Kier molecular flexibility index (Phi) is 4.26. The average molecular weight is 261 g/mol. The van der Waals surface area contributed by atoms with Crippen LogP contribution < -0.4 is 4.72 Å². The van der Waals surface area contributed by atoms with Gasteiger partial charge in [-0.1, -0.05) is 25.9 Å². The standard InChI is InChI=1S/C10H19N3O3S/c1-5-17(14,15)11-7-6-8-12-9(16-13-8)10(2,3)4/h11H,5-7H2,1-4H3. The summed E-state index contributed by atoms with van der Waals surface area (Å²) >= 11 is 0. The minimum atomic E-state index is -3.15. The van der Waals surface area contributed by atoms with Gasteiger partial charge < -0.3 is 4.52 Å². The van der Waals surface area contributed by atoms with E-state index < -0.39 is 10.0 Å². The van der Waals surface area contributed by atoms with Crippen LogP contribution in [0.4, 0.5) is 0 Å². The van der Waals surface area contributed by atoms with Crippen molar-refractivity contribution in [2.75, 3.05) is 12.3 Å². The first-order valence-electron chi connectivity index (χ1n) is 5.55. The van der Waals surface area contributed by atoms with Crippen LogP contribution in [-0.2, 0) is 21.9 Å². The zero-order valence-corrected chi connectivity index (χ0v) is 11.5. The summed E-state index contributed by atoms with van der Waals surface area (Å²) in [5.41, 5.74) is -0.186. The van der Waals surface area contributed by atoms with Crippen LogP contribution in [0.25, 0.3) is 0 Å². The van der Waals surface area contributed by atoms with Crippen molar-refractivity contribution in [3.8, 4) is 0 Å². The van der Waals surface area contributed by atoms with E-state index in [0.29, 0.717) is 24.7 Å². The second-order valence-electron chi connectivity index (χ2n) is 4.81. The molecule has 0 bridgehead atoms. The summed E-state index contributed by atoms with van der Waals surface area (Å²) in [5.74, 6) is 1.16. The van der Waals surface area contributed by atoms with E-state index in [1.807, 2.05) is 20.8 Å². The van der Waals surface area contributed by atoms with Gasteiger partial charge in [-0.05, 0) is 6.92 Å². The highest BCUT2D eigenvalue weighted by Crippen LogP contribution is 2.19. The Bertz CT molecular complexity index is 459. The van der Waals surface area contributed by atoms with E-state index in [1.54, 1.807) is 6.92 Å². The van der Waals surface area contributed by atoms with Crippen molar-refractivity contribution in [1.29, 1.82) is 0 Å². The van der Waals surface area contributed by atoms with Gasteiger partial charge in [0.25, 0.3) is 0 Å². The molecule has 0 spiro atoms. The highest BCUT2D eigenvalue weighted by molar-refractivity contribution is 7.89. The molecule has 0 aliphatic heterocycles. The average Bonchev–Trinajstić information content (AvgIpc) is 2.66. The van der Waals surface area contributed by atoms with Crippen LogP contribution in [0.1, 0.15) is 39.4 Å². The van der Waals surface area contributed by atoms with Gasteiger partial charge in [-0.3, -0.25) is 0 Å². The zero-order chi connectivity index (χ0) is 13.1. The molecule has 1 N–H and O–H groups in total. The first-order chi connectivity index (χ1) is 7.74. The van der Waals surface area contributed by atoms with E-state index in [-0.39, 0.29) is 11.2 Å². The van der Waals surface area contributed by atoms with Gasteiger partial charge in [0.05, 0.1) is 5.75 Å². The second kappa shape index (κ2) is 5.14. The van der Waals surface area contributed by atoms with Crippen LogP contribution >= 0.6 is 0 Å². The Labute approximate surface area is 102 Å². The molecule has 17 heavy (non-hydrogen) atoms. The molecule has 6 nitrogen and oxygen atoms in total. The quantitative estimate of drug-likeness (QED) is 0.849. The van der Waals surface area contributed by atoms with Crippen LogP contribution in [0.15, 0.2) is 4.52 Å². The number of sulfonamides is 1. The van der Waals surface area contributed by atoms with Crippen LogP contribution in [0, 0.1) is 0 Å². The first kappa shape index (κ1) is 14.1. The molecule has 0 aliphatic rings. The van der Waals surface area contributed by atoms with Gasteiger partial charge in [-0.15, -0.1) is 0 Å². The van der Waals surface area contributed by atoms with Crippen molar-refractivity contribution in [1.82, 2.24) is 14.9 Å². The third-order valence-electron chi connectivity index (χ3n) is 2.16. The van der Waals surface area contributed by atoms with Crippen molar-refractivity contribution in [3.63, 3.8) is 0 Å². The molecule has 1 heterocycles. The summed E-state index contributed by atoms with van der Waals surface area (Å²) in [5, 5.41) is 3.81.